The van der Waals surface area contributed by atoms with Crippen LogP contribution in [0.25, 0.3) is 0 Å². The van der Waals surface area contributed by atoms with E-state index in [1.54, 1.807) is 6.07 Å². The molecular weight excluding hydrogens is 314 g/mol. The van der Waals surface area contributed by atoms with Gasteiger partial charge in [-0.2, -0.15) is 0 Å². The maximum atomic E-state index is 12.9. The highest BCUT2D eigenvalue weighted by atomic mass is 35.5. The Bertz CT molecular complexity index is 555. The second-order valence-corrected chi connectivity index (χ2v) is 6.69. The summed E-state index contributed by atoms with van der Waals surface area (Å²) in [5.74, 6) is 1.29. The van der Waals surface area contributed by atoms with Crippen molar-refractivity contribution in [2.24, 2.45) is 5.92 Å². The molecular formula is C17H24ClN3O2. The van der Waals surface area contributed by atoms with Gasteiger partial charge in [0.2, 0.25) is 0 Å². The molecule has 2 fully saturated rings. The van der Waals surface area contributed by atoms with E-state index < -0.39 is 0 Å². The number of hydrogen-bond donors (Lipinski definition) is 0. The topological polar surface area (TPSA) is 45.7 Å². The number of nitrogens with zero attached hydrogens (tertiary/aromatic N) is 3. The Labute approximate surface area is 142 Å². The number of pyridine rings is 1. The van der Waals surface area contributed by atoms with Crippen LogP contribution in [-0.4, -0.2) is 55.2 Å². The van der Waals surface area contributed by atoms with Crippen LogP contribution < -0.4 is 4.90 Å². The maximum Gasteiger partial charge on any atom is 0.254 e. The molecule has 23 heavy (non-hydrogen) atoms. The lowest BCUT2D eigenvalue weighted by Crippen LogP contribution is -2.35. The number of rotatable bonds is 5. The van der Waals surface area contributed by atoms with Crippen LogP contribution in [0.2, 0.25) is 5.15 Å². The zero-order valence-electron chi connectivity index (χ0n) is 13.6. The van der Waals surface area contributed by atoms with Crippen molar-refractivity contribution in [1.29, 1.82) is 0 Å². The number of carbonyl (C=O) groups is 1. The van der Waals surface area contributed by atoms with Crippen LogP contribution in [0, 0.1) is 5.92 Å². The molecule has 0 unspecified atom stereocenters. The number of hydrogen-bond acceptors (Lipinski definition) is 4. The highest BCUT2D eigenvalue weighted by molar-refractivity contribution is 6.29. The van der Waals surface area contributed by atoms with E-state index >= 15 is 0 Å². The monoisotopic (exact) mass is 337 g/mol. The predicted molar refractivity (Wildman–Crippen MR) is 91.2 cm³/mol. The van der Waals surface area contributed by atoms with E-state index in [0.29, 0.717) is 23.2 Å². The van der Waals surface area contributed by atoms with E-state index in [4.69, 9.17) is 16.3 Å². The quantitative estimate of drug-likeness (QED) is 0.775. The van der Waals surface area contributed by atoms with Crippen LogP contribution in [0.3, 0.4) is 0 Å². The lowest BCUT2D eigenvalue weighted by molar-refractivity contribution is 0.0730. The van der Waals surface area contributed by atoms with Crippen LogP contribution in [0.5, 0.6) is 0 Å². The zero-order valence-corrected chi connectivity index (χ0v) is 14.4. The molecule has 0 spiro atoms. The van der Waals surface area contributed by atoms with Crippen LogP contribution in [0.1, 0.15) is 36.5 Å². The molecule has 6 heteroatoms. The minimum absolute atomic E-state index is 0.0316. The Kier molecular flexibility index (Phi) is 5.38. The molecule has 2 saturated heterocycles. The molecule has 126 valence electrons. The molecule has 0 aliphatic carbocycles. The highest BCUT2D eigenvalue weighted by Gasteiger charge is 2.24. The second-order valence-electron chi connectivity index (χ2n) is 6.30. The smallest absolute Gasteiger partial charge is 0.254 e. The number of amides is 1. The molecule has 2 aliphatic heterocycles. The van der Waals surface area contributed by atoms with Crippen molar-refractivity contribution in [2.45, 2.75) is 26.2 Å². The Balaban J connectivity index is 1.76. The Morgan fingerprint density at radius 1 is 1.43 bits per heavy atom. The molecule has 1 aromatic rings. The highest BCUT2D eigenvalue weighted by Crippen LogP contribution is 2.23. The average Bonchev–Trinajstić information content (AvgIpc) is 3.24. The van der Waals surface area contributed by atoms with E-state index in [9.17, 15) is 4.79 Å². The third-order valence-electron chi connectivity index (χ3n) is 4.63. The van der Waals surface area contributed by atoms with Gasteiger partial charge in [0.25, 0.3) is 5.91 Å². The van der Waals surface area contributed by atoms with Crippen molar-refractivity contribution in [3.05, 3.63) is 22.8 Å². The van der Waals surface area contributed by atoms with Crippen molar-refractivity contribution < 1.29 is 9.53 Å². The van der Waals surface area contributed by atoms with Crippen molar-refractivity contribution in [3.8, 4) is 0 Å². The lowest BCUT2D eigenvalue weighted by atomic mass is 10.1. The molecule has 0 radical (unpaired) electrons. The molecule has 0 aromatic carbocycles. The average molecular weight is 338 g/mol. The van der Waals surface area contributed by atoms with Crippen LogP contribution in [0.15, 0.2) is 12.1 Å². The molecule has 1 amide bonds. The van der Waals surface area contributed by atoms with Gasteiger partial charge < -0.3 is 14.5 Å². The molecule has 0 bridgehead atoms. The molecule has 3 rings (SSSR count). The SMILES string of the molecule is CCN(C[C@H]1CCOC1)C(=O)c1cc(Cl)nc(N2CCCC2)c1. The summed E-state index contributed by atoms with van der Waals surface area (Å²) in [5.41, 5.74) is 0.632. The zero-order chi connectivity index (χ0) is 16.2. The first-order valence-corrected chi connectivity index (χ1v) is 8.84. The summed E-state index contributed by atoms with van der Waals surface area (Å²) in [4.78, 5) is 21.3. The van der Waals surface area contributed by atoms with Gasteiger partial charge in [-0.3, -0.25) is 4.79 Å². The third kappa shape index (κ3) is 3.96. The summed E-state index contributed by atoms with van der Waals surface area (Å²) in [5, 5.41) is 0.387. The summed E-state index contributed by atoms with van der Waals surface area (Å²) in [6, 6.07) is 3.56. The van der Waals surface area contributed by atoms with Gasteiger partial charge in [0.05, 0.1) is 6.61 Å². The summed E-state index contributed by atoms with van der Waals surface area (Å²) in [6.45, 7) is 6.97. The van der Waals surface area contributed by atoms with E-state index in [0.717, 1.165) is 45.1 Å². The maximum absolute atomic E-state index is 12.9. The van der Waals surface area contributed by atoms with Gasteiger partial charge in [0, 0.05) is 44.3 Å². The largest absolute Gasteiger partial charge is 0.381 e. The summed E-state index contributed by atoms with van der Waals surface area (Å²) in [6.07, 6.45) is 3.36. The molecule has 1 atom stereocenters. The van der Waals surface area contributed by atoms with Gasteiger partial charge in [-0.05, 0) is 38.3 Å². The van der Waals surface area contributed by atoms with E-state index in [1.807, 2.05) is 17.9 Å². The number of carbonyl (C=O) groups excluding carboxylic acids is 1. The third-order valence-corrected chi connectivity index (χ3v) is 4.82. The number of halogens is 1. The number of ether oxygens (including phenoxy) is 1. The first-order chi connectivity index (χ1) is 11.2. The molecule has 0 N–H and O–H groups in total. The van der Waals surface area contributed by atoms with Crippen molar-refractivity contribution in [1.82, 2.24) is 9.88 Å². The van der Waals surface area contributed by atoms with Gasteiger partial charge in [-0.15, -0.1) is 0 Å². The van der Waals surface area contributed by atoms with Gasteiger partial charge in [-0.25, -0.2) is 4.98 Å². The number of aromatic nitrogens is 1. The molecule has 0 saturated carbocycles. The minimum atomic E-state index is 0.0316. The van der Waals surface area contributed by atoms with E-state index in [-0.39, 0.29) is 5.91 Å². The Morgan fingerprint density at radius 2 is 2.22 bits per heavy atom. The first-order valence-electron chi connectivity index (χ1n) is 8.47. The van der Waals surface area contributed by atoms with Crippen molar-refractivity contribution in [2.75, 3.05) is 44.3 Å². The Hall–Kier alpha value is -1.33. The van der Waals surface area contributed by atoms with Crippen molar-refractivity contribution in [3.63, 3.8) is 0 Å². The standard InChI is InChI=1S/C17H24ClN3O2/c1-2-20(11-13-5-8-23-12-13)17(22)14-9-15(18)19-16(10-14)21-6-3-4-7-21/h9-10,13H,2-8,11-12H2,1H3/t13-/m1/s1. The fourth-order valence-electron chi connectivity index (χ4n) is 3.29. The second kappa shape index (κ2) is 7.49. The van der Waals surface area contributed by atoms with Gasteiger partial charge in [-0.1, -0.05) is 11.6 Å². The fraction of sp³-hybridized carbons (Fsp3) is 0.647. The van der Waals surface area contributed by atoms with Gasteiger partial charge in [0.1, 0.15) is 11.0 Å². The summed E-state index contributed by atoms with van der Waals surface area (Å²) < 4.78 is 5.42. The van der Waals surface area contributed by atoms with Gasteiger partial charge in [0.15, 0.2) is 0 Å². The molecule has 2 aliphatic rings. The minimum Gasteiger partial charge on any atom is -0.381 e. The molecule has 1 aromatic heterocycles. The van der Waals surface area contributed by atoms with E-state index in [1.165, 1.54) is 12.8 Å². The van der Waals surface area contributed by atoms with E-state index in [2.05, 4.69) is 9.88 Å². The summed E-state index contributed by atoms with van der Waals surface area (Å²) >= 11 is 6.16. The van der Waals surface area contributed by atoms with Crippen LogP contribution in [-0.2, 0) is 4.74 Å². The normalized spacial score (nSPS) is 21.0. The van der Waals surface area contributed by atoms with Crippen molar-refractivity contribution >= 4 is 23.3 Å². The predicted octanol–water partition coefficient (Wildman–Crippen LogP) is 2.83. The first kappa shape index (κ1) is 16.5. The molecule has 3 heterocycles. The van der Waals surface area contributed by atoms with Crippen LogP contribution in [0.4, 0.5) is 5.82 Å². The summed E-state index contributed by atoms with van der Waals surface area (Å²) in [7, 11) is 0. The van der Waals surface area contributed by atoms with Gasteiger partial charge >= 0.3 is 0 Å². The Morgan fingerprint density at radius 3 is 2.87 bits per heavy atom. The fourth-order valence-corrected chi connectivity index (χ4v) is 3.50. The molecule has 5 nitrogen and oxygen atoms in total. The lowest BCUT2D eigenvalue weighted by Gasteiger charge is -2.24. The van der Waals surface area contributed by atoms with Crippen LogP contribution >= 0.6 is 11.6 Å². The number of anilines is 1.